The van der Waals surface area contributed by atoms with E-state index in [0.717, 1.165) is 33.3 Å². The normalized spacial score (nSPS) is 12.3. The van der Waals surface area contributed by atoms with Gasteiger partial charge in [0.1, 0.15) is 18.5 Å². The molecule has 2 aromatic carbocycles. The fraction of sp³-hybridized carbons (Fsp3) is 0.348. The molecule has 0 radical (unpaired) electrons. The van der Waals surface area contributed by atoms with Gasteiger partial charge in [0, 0.05) is 18.7 Å². The Hall–Kier alpha value is -2.63. The number of aromatic amines is 1. The number of pyridine rings is 1. The van der Waals surface area contributed by atoms with Gasteiger partial charge in [0.25, 0.3) is 5.56 Å². The summed E-state index contributed by atoms with van der Waals surface area (Å²) in [5.74, 6) is 0.779. The average Bonchev–Trinajstić information content (AvgIpc) is 2.62. The van der Waals surface area contributed by atoms with E-state index in [2.05, 4.69) is 28.5 Å². The highest BCUT2D eigenvalue weighted by atomic mass is 16.5. The molecule has 0 fully saturated rings. The Labute approximate surface area is 165 Å². The summed E-state index contributed by atoms with van der Waals surface area (Å²) >= 11 is 0. The fourth-order valence-corrected chi connectivity index (χ4v) is 3.44. The van der Waals surface area contributed by atoms with Gasteiger partial charge in [0.05, 0.1) is 5.52 Å². The third-order valence-corrected chi connectivity index (χ3v) is 4.83. The number of H-pyrrole nitrogens is 1. The maximum Gasteiger partial charge on any atom is 0.252 e. The Balaban J connectivity index is 1.57. The van der Waals surface area contributed by atoms with Gasteiger partial charge in [-0.3, -0.25) is 4.79 Å². The second-order valence-electron chi connectivity index (χ2n) is 7.53. The van der Waals surface area contributed by atoms with Crippen LogP contribution in [-0.4, -0.2) is 29.3 Å². The molecule has 0 saturated heterocycles. The SMILES string of the molecule is Cc1ccc(OC[C@@H](O)CNCc2cc3cc(C)cc(C)c3[nH]c2=O)c(C)c1. The van der Waals surface area contributed by atoms with Crippen LogP contribution in [0.1, 0.15) is 27.8 Å². The molecule has 0 bridgehead atoms. The fourth-order valence-electron chi connectivity index (χ4n) is 3.44. The minimum atomic E-state index is -0.662. The summed E-state index contributed by atoms with van der Waals surface area (Å²) in [5, 5.41) is 14.3. The Bertz CT molecular complexity index is 1040. The molecule has 0 aliphatic carbocycles. The third-order valence-electron chi connectivity index (χ3n) is 4.83. The molecule has 0 saturated carbocycles. The van der Waals surface area contributed by atoms with Crippen molar-refractivity contribution in [2.45, 2.75) is 40.3 Å². The lowest BCUT2D eigenvalue weighted by molar-refractivity contribution is 0.106. The quantitative estimate of drug-likeness (QED) is 0.588. The largest absolute Gasteiger partial charge is 0.491 e. The first kappa shape index (κ1) is 20.1. The molecule has 1 aromatic heterocycles. The summed E-state index contributed by atoms with van der Waals surface area (Å²) in [5.41, 5.74) is 5.88. The van der Waals surface area contributed by atoms with Crippen molar-refractivity contribution in [1.82, 2.24) is 10.3 Å². The monoisotopic (exact) mass is 380 g/mol. The van der Waals surface area contributed by atoms with Gasteiger partial charge in [-0.05, 0) is 62.4 Å². The molecule has 0 amide bonds. The maximum absolute atomic E-state index is 12.3. The van der Waals surface area contributed by atoms with Crippen LogP contribution in [0, 0.1) is 27.7 Å². The van der Waals surface area contributed by atoms with E-state index >= 15 is 0 Å². The van der Waals surface area contributed by atoms with Gasteiger partial charge in [-0.15, -0.1) is 0 Å². The van der Waals surface area contributed by atoms with E-state index in [0.29, 0.717) is 18.7 Å². The first-order chi connectivity index (χ1) is 13.3. The van der Waals surface area contributed by atoms with E-state index in [-0.39, 0.29) is 12.2 Å². The molecule has 0 aliphatic heterocycles. The Morgan fingerprint density at radius 2 is 1.79 bits per heavy atom. The number of benzene rings is 2. The van der Waals surface area contributed by atoms with E-state index in [4.69, 9.17) is 4.74 Å². The van der Waals surface area contributed by atoms with Gasteiger partial charge in [-0.2, -0.15) is 0 Å². The van der Waals surface area contributed by atoms with Crippen molar-refractivity contribution in [3.05, 3.63) is 74.6 Å². The topological polar surface area (TPSA) is 74.3 Å². The van der Waals surface area contributed by atoms with Gasteiger partial charge in [0.2, 0.25) is 0 Å². The van der Waals surface area contributed by atoms with Gasteiger partial charge in [-0.25, -0.2) is 0 Å². The molecular weight excluding hydrogens is 352 g/mol. The molecule has 28 heavy (non-hydrogen) atoms. The predicted molar refractivity (Wildman–Crippen MR) is 113 cm³/mol. The molecule has 0 unspecified atom stereocenters. The van der Waals surface area contributed by atoms with E-state index < -0.39 is 6.10 Å². The molecule has 0 aliphatic rings. The first-order valence-electron chi connectivity index (χ1n) is 9.55. The molecule has 1 heterocycles. The van der Waals surface area contributed by atoms with Gasteiger partial charge < -0.3 is 20.1 Å². The Kier molecular flexibility index (Phi) is 6.17. The predicted octanol–water partition coefficient (Wildman–Crippen LogP) is 3.29. The van der Waals surface area contributed by atoms with Gasteiger partial charge >= 0.3 is 0 Å². The van der Waals surface area contributed by atoms with Crippen molar-refractivity contribution in [3.63, 3.8) is 0 Å². The van der Waals surface area contributed by atoms with Crippen LogP contribution in [-0.2, 0) is 6.54 Å². The summed E-state index contributed by atoms with van der Waals surface area (Å²) in [6.45, 7) is 8.99. The Morgan fingerprint density at radius 3 is 2.54 bits per heavy atom. The zero-order chi connectivity index (χ0) is 20.3. The van der Waals surface area contributed by atoms with Crippen LogP contribution in [0.15, 0.2) is 41.2 Å². The highest BCUT2D eigenvalue weighted by molar-refractivity contribution is 5.82. The number of aliphatic hydroxyl groups is 1. The molecule has 0 spiro atoms. The number of aliphatic hydroxyl groups excluding tert-OH is 1. The van der Waals surface area contributed by atoms with E-state index in [1.54, 1.807) is 0 Å². The van der Waals surface area contributed by atoms with Gasteiger partial charge in [0.15, 0.2) is 0 Å². The number of ether oxygens (including phenoxy) is 1. The standard InChI is InChI=1S/C23H28N2O3/c1-14-5-6-21(16(3)7-14)28-13-20(26)12-24-11-19-10-18-9-15(2)8-17(4)22(18)25-23(19)27/h5-10,20,24,26H,11-13H2,1-4H3,(H,25,27)/t20-/m0/s1. The van der Waals surface area contributed by atoms with Crippen LogP contribution in [0.5, 0.6) is 5.75 Å². The van der Waals surface area contributed by atoms with E-state index in [1.807, 2.05) is 45.9 Å². The highest BCUT2D eigenvalue weighted by Crippen LogP contribution is 2.19. The summed E-state index contributed by atoms with van der Waals surface area (Å²) in [7, 11) is 0. The summed E-state index contributed by atoms with van der Waals surface area (Å²) in [4.78, 5) is 15.3. The van der Waals surface area contributed by atoms with E-state index in [1.165, 1.54) is 5.56 Å². The van der Waals surface area contributed by atoms with Crippen molar-refractivity contribution in [3.8, 4) is 5.75 Å². The lowest BCUT2D eigenvalue weighted by Gasteiger charge is -2.15. The average molecular weight is 380 g/mol. The lowest BCUT2D eigenvalue weighted by atomic mass is 10.1. The third kappa shape index (κ3) is 4.80. The molecule has 5 nitrogen and oxygen atoms in total. The summed E-state index contributed by atoms with van der Waals surface area (Å²) in [6.07, 6.45) is -0.662. The zero-order valence-electron chi connectivity index (χ0n) is 16.9. The van der Waals surface area contributed by atoms with Crippen molar-refractivity contribution < 1.29 is 9.84 Å². The number of hydrogen-bond acceptors (Lipinski definition) is 4. The van der Waals surface area contributed by atoms with Crippen LogP contribution >= 0.6 is 0 Å². The zero-order valence-corrected chi connectivity index (χ0v) is 16.9. The minimum Gasteiger partial charge on any atom is -0.491 e. The molecule has 3 rings (SSSR count). The molecule has 148 valence electrons. The first-order valence-corrected chi connectivity index (χ1v) is 9.55. The number of rotatable bonds is 7. The molecule has 5 heteroatoms. The maximum atomic E-state index is 12.3. The van der Waals surface area contributed by atoms with Crippen molar-refractivity contribution >= 4 is 10.9 Å². The van der Waals surface area contributed by atoms with Crippen LogP contribution < -0.4 is 15.6 Å². The smallest absolute Gasteiger partial charge is 0.252 e. The van der Waals surface area contributed by atoms with Crippen molar-refractivity contribution in [2.75, 3.05) is 13.2 Å². The molecule has 3 N–H and O–H groups in total. The second-order valence-corrected chi connectivity index (χ2v) is 7.53. The number of aromatic nitrogens is 1. The minimum absolute atomic E-state index is 0.104. The summed E-state index contributed by atoms with van der Waals surface area (Å²) in [6, 6.07) is 12.0. The number of aryl methyl sites for hydroxylation is 4. The molecule has 1 atom stereocenters. The Morgan fingerprint density at radius 1 is 1.04 bits per heavy atom. The van der Waals surface area contributed by atoms with Crippen LogP contribution in [0.25, 0.3) is 10.9 Å². The van der Waals surface area contributed by atoms with Crippen molar-refractivity contribution in [1.29, 1.82) is 0 Å². The van der Waals surface area contributed by atoms with E-state index in [9.17, 15) is 9.90 Å². The van der Waals surface area contributed by atoms with Crippen molar-refractivity contribution in [2.24, 2.45) is 0 Å². The van der Waals surface area contributed by atoms with Crippen LogP contribution in [0.2, 0.25) is 0 Å². The number of nitrogens with one attached hydrogen (secondary N) is 2. The van der Waals surface area contributed by atoms with Gasteiger partial charge in [-0.1, -0.05) is 29.3 Å². The van der Waals surface area contributed by atoms with Crippen LogP contribution in [0.4, 0.5) is 0 Å². The highest BCUT2D eigenvalue weighted by Gasteiger charge is 2.09. The second kappa shape index (κ2) is 8.59. The number of fused-ring (bicyclic) bond motifs is 1. The summed E-state index contributed by atoms with van der Waals surface area (Å²) < 4.78 is 5.71. The number of hydrogen-bond donors (Lipinski definition) is 3. The molecular formula is C23H28N2O3. The molecule has 3 aromatic rings. The lowest BCUT2D eigenvalue weighted by Crippen LogP contribution is -2.32. The van der Waals surface area contributed by atoms with Crippen LogP contribution in [0.3, 0.4) is 0 Å².